The van der Waals surface area contributed by atoms with Gasteiger partial charge in [-0.05, 0) is 10.4 Å². The van der Waals surface area contributed by atoms with E-state index >= 15 is 0 Å². The van der Waals surface area contributed by atoms with Crippen LogP contribution in [0, 0.1) is 0 Å². The molecule has 0 aromatic heterocycles. The summed E-state index contributed by atoms with van der Waals surface area (Å²) in [6.45, 7) is 10.1. The molecule has 0 fully saturated rings. The smallest absolute Gasteiger partial charge is 0.375 e. The van der Waals surface area contributed by atoms with Gasteiger partial charge in [-0.15, -0.1) is 0 Å². The van der Waals surface area contributed by atoms with Crippen molar-refractivity contribution in [3.05, 3.63) is 24.3 Å². The van der Waals surface area contributed by atoms with E-state index in [4.69, 9.17) is 0 Å². The first-order valence-corrected chi connectivity index (χ1v) is 19.3. The van der Waals surface area contributed by atoms with Gasteiger partial charge in [-0.3, -0.25) is 0 Å². The van der Waals surface area contributed by atoms with E-state index in [-0.39, 0.29) is 21.1 Å². The molecule has 0 heterocycles. The zero-order valence-corrected chi connectivity index (χ0v) is 22.5. The average molecular weight is 569 g/mol. The molecular weight excluding hydrogens is 546 g/mol. The second-order valence-corrected chi connectivity index (χ2v) is 22.6. The third-order valence-corrected chi connectivity index (χ3v) is 10.6. The molecule has 0 saturated heterocycles. The molecule has 16 heteroatoms. The van der Waals surface area contributed by atoms with Crippen LogP contribution in [0.25, 0.3) is 10.8 Å². The number of rotatable bonds is 6. The first kappa shape index (κ1) is 28.5. The summed E-state index contributed by atoms with van der Waals surface area (Å²) in [6.07, 6.45) is 0. The minimum absolute atomic E-state index is 0.123. The van der Waals surface area contributed by atoms with Crippen molar-refractivity contribution in [3.63, 3.8) is 0 Å². The predicted octanol–water partition coefficient (Wildman–Crippen LogP) is 4.39. The molecule has 2 aromatic carbocycles. The molecule has 0 aliphatic carbocycles. The molecule has 0 aliphatic heterocycles. The second-order valence-electron chi connectivity index (χ2n) is 9.45. The van der Waals surface area contributed by atoms with E-state index in [0.717, 1.165) is 0 Å². The third kappa shape index (κ3) is 5.54. The second kappa shape index (κ2) is 8.41. The molecule has 0 aliphatic rings. The summed E-state index contributed by atoms with van der Waals surface area (Å²) in [5, 5.41) is -0.416. The summed E-state index contributed by atoms with van der Waals surface area (Å²) in [5.74, 6) is -1.46. The van der Waals surface area contributed by atoms with Gasteiger partial charge in [-0.2, -0.15) is 43.2 Å². The minimum Gasteiger partial charge on any atom is -0.375 e. The molecule has 0 N–H and O–H groups in total. The van der Waals surface area contributed by atoms with E-state index < -0.39 is 58.9 Å². The Labute approximate surface area is 195 Å². The van der Waals surface area contributed by atoms with Crippen molar-refractivity contribution in [1.29, 1.82) is 0 Å². The Bertz CT molecular complexity index is 1220. The Balaban J connectivity index is 3.04. The molecule has 0 radical (unpaired) electrons. The van der Waals surface area contributed by atoms with Crippen molar-refractivity contribution < 1.29 is 51.5 Å². The summed E-state index contributed by atoms with van der Waals surface area (Å²) in [4.78, 5) is 0. The molecule has 0 atom stereocenters. The lowest BCUT2D eigenvalue weighted by atomic mass is 10.1. The van der Waals surface area contributed by atoms with E-state index in [1.165, 1.54) is 24.3 Å². The molecule has 0 spiro atoms. The van der Waals surface area contributed by atoms with Gasteiger partial charge in [-0.1, -0.05) is 63.5 Å². The van der Waals surface area contributed by atoms with Crippen molar-refractivity contribution in [2.24, 2.45) is 0 Å². The van der Waals surface area contributed by atoms with Crippen LogP contribution < -0.4 is 18.7 Å². The highest BCUT2D eigenvalue weighted by Crippen LogP contribution is 2.38. The Hall–Kier alpha value is -1.79. The SMILES string of the molecule is C[Si](C)(C)c1ccc2c(OS(=O)(=O)C(F)(F)F)c([Si](C)(C)C)ccc2c1OS(=O)(=O)C(F)(F)F. The number of alkyl halides is 6. The first-order chi connectivity index (χ1) is 14.9. The van der Waals surface area contributed by atoms with Crippen molar-refractivity contribution >= 4 is 57.5 Å². The zero-order chi connectivity index (χ0) is 26.7. The van der Waals surface area contributed by atoms with Crippen LogP contribution in [-0.4, -0.2) is 44.0 Å². The Morgan fingerprint density at radius 2 is 0.853 bits per heavy atom. The molecular formula is C18H22F6O6S2Si2. The Kier molecular flexibility index (Phi) is 7.04. The summed E-state index contributed by atoms with van der Waals surface area (Å²) in [7, 11) is -17.5. The Morgan fingerprint density at radius 1 is 0.588 bits per heavy atom. The molecule has 0 amide bonds. The van der Waals surface area contributed by atoms with Crippen LogP contribution in [0.2, 0.25) is 39.3 Å². The number of benzene rings is 2. The van der Waals surface area contributed by atoms with Crippen molar-refractivity contribution in [1.82, 2.24) is 0 Å². The lowest BCUT2D eigenvalue weighted by Crippen LogP contribution is -2.42. The Morgan fingerprint density at radius 3 is 1.06 bits per heavy atom. The molecule has 0 saturated carbocycles. The fourth-order valence-electron chi connectivity index (χ4n) is 3.03. The molecule has 192 valence electrons. The minimum atomic E-state index is -6.14. The zero-order valence-electron chi connectivity index (χ0n) is 18.8. The number of fused-ring (bicyclic) bond motifs is 1. The molecule has 2 aromatic rings. The monoisotopic (exact) mass is 568 g/mol. The summed E-state index contributed by atoms with van der Waals surface area (Å²) in [6, 6.07) is 4.83. The number of halogens is 6. The van der Waals surface area contributed by atoms with Gasteiger partial charge >= 0.3 is 31.3 Å². The van der Waals surface area contributed by atoms with E-state index in [9.17, 15) is 43.2 Å². The van der Waals surface area contributed by atoms with Crippen molar-refractivity contribution in [2.45, 2.75) is 50.3 Å². The van der Waals surface area contributed by atoms with E-state index in [1.807, 2.05) is 0 Å². The van der Waals surface area contributed by atoms with Gasteiger partial charge in [0.05, 0.1) is 16.1 Å². The van der Waals surface area contributed by atoms with Crippen LogP contribution in [0.1, 0.15) is 0 Å². The summed E-state index contributed by atoms with van der Waals surface area (Å²) >= 11 is 0. The third-order valence-electron chi connectivity index (χ3n) is 4.67. The molecule has 6 nitrogen and oxygen atoms in total. The van der Waals surface area contributed by atoms with Crippen LogP contribution in [0.3, 0.4) is 0 Å². The maximum Gasteiger partial charge on any atom is 0.534 e. The fourth-order valence-corrected chi connectivity index (χ4v) is 7.06. The fraction of sp³-hybridized carbons (Fsp3) is 0.444. The van der Waals surface area contributed by atoms with Crippen molar-refractivity contribution in [2.75, 3.05) is 0 Å². The van der Waals surface area contributed by atoms with E-state index in [1.54, 1.807) is 39.3 Å². The predicted molar refractivity (Wildman–Crippen MR) is 121 cm³/mol. The maximum atomic E-state index is 13.1. The molecule has 0 unspecified atom stereocenters. The topological polar surface area (TPSA) is 86.7 Å². The van der Waals surface area contributed by atoms with Gasteiger partial charge in [0.25, 0.3) is 0 Å². The van der Waals surface area contributed by atoms with Gasteiger partial charge in [0, 0.05) is 10.8 Å². The van der Waals surface area contributed by atoms with Crippen molar-refractivity contribution in [3.8, 4) is 11.5 Å². The lowest BCUT2D eigenvalue weighted by molar-refractivity contribution is -0.0504. The maximum absolute atomic E-state index is 13.1. The summed E-state index contributed by atoms with van der Waals surface area (Å²) < 4.78 is 135. The van der Waals surface area contributed by atoms with E-state index in [2.05, 4.69) is 8.37 Å². The van der Waals surface area contributed by atoms with Gasteiger partial charge < -0.3 is 8.37 Å². The van der Waals surface area contributed by atoms with Crippen LogP contribution in [-0.2, 0) is 20.2 Å². The average Bonchev–Trinajstić information content (AvgIpc) is 2.57. The highest BCUT2D eigenvalue weighted by atomic mass is 32.2. The highest BCUT2D eigenvalue weighted by molar-refractivity contribution is 7.88. The van der Waals surface area contributed by atoms with Gasteiger partial charge in [0.2, 0.25) is 0 Å². The highest BCUT2D eigenvalue weighted by Gasteiger charge is 2.50. The quantitative estimate of drug-likeness (QED) is 0.222. The lowest BCUT2D eigenvalue weighted by Gasteiger charge is -2.26. The standard InChI is InChI=1S/C18H22F6O6S2Si2/c1-33(2,3)13-9-7-12-11(15(13)29-31(25,26)17(19,20)21)8-10-14(34(4,5)6)16(12)30-32(27,28)18(22,23)24/h7-10H,1-6H3. The molecule has 34 heavy (non-hydrogen) atoms. The number of hydrogen-bond donors (Lipinski definition) is 0. The molecule has 2 rings (SSSR count). The first-order valence-electron chi connectivity index (χ1n) is 9.52. The van der Waals surface area contributed by atoms with E-state index in [0.29, 0.717) is 0 Å². The summed E-state index contributed by atoms with van der Waals surface area (Å²) in [5.41, 5.74) is -11.5. The molecule has 0 bridgehead atoms. The van der Waals surface area contributed by atoms with Crippen LogP contribution in [0.5, 0.6) is 11.5 Å². The van der Waals surface area contributed by atoms with Gasteiger partial charge in [0.15, 0.2) is 0 Å². The van der Waals surface area contributed by atoms with Crippen LogP contribution in [0.15, 0.2) is 24.3 Å². The normalized spacial score (nSPS) is 14.4. The van der Waals surface area contributed by atoms with Gasteiger partial charge in [-0.25, -0.2) is 0 Å². The van der Waals surface area contributed by atoms with Gasteiger partial charge in [0.1, 0.15) is 11.5 Å². The largest absolute Gasteiger partial charge is 0.534 e. The van der Waals surface area contributed by atoms with Crippen LogP contribution >= 0.6 is 0 Å². The number of hydrogen-bond acceptors (Lipinski definition) is 6. The van der Waals surface area contributed by atoms with Crippen LogP contribution in [0.4, 0.5) is 26.3 Å².